The molecule has 0 aromatic heterocycles. The van der Waals surface area contributed by atoms with Crippen LogP contribution in [0.3, 0.4) is 0 Å². The third-order valence-corrected chi connectivity index (χ3v) is 6.62. The first kappa shape index (κ1) is 24.6. The van der Waals surface area contributed by atoms with Crippen LogP contribution >= 0.6 is 0 Å². The predicted octanol–water partition coefficient (Wildman–Crippen LogP) is 3.02. The molecule has 2 aromatic rings. The molecule has 2 fully saturated rings. The Balaban J connectivity index is 1.30. The van der Waals surface area contributed by atoms with Crippen molar-refractivity contribution in [3.63, 3.8) is 0 Å². The van der Waals surface area contributed by atoms with E-state index in [2.05, 4.69) is 0 Å². The summed E-state index contributed by atoms with van der Waals surface area (Å²) in [5.41, 5.74) is 1.04. The highest BCUT2D eigenvalue weighted by Gasteiger charge is 2.38. The van der Waals surface area contributed by atoms with Crippen molar-refractivity contribution in [3.05, 3.63) is 59.7 Å². The third kappa shape index (κ3) is 5.78. The minimum absolute atomic E-state index is 0.0172. The standard InChI is InChI=1S/C26H29F2N3O4/c1-35-21-7-3-18(4-8-21)5-10-24(32)29-11-2-12-30(14-13-29)26(34)19-15-25(33)31(17-19)23-9-6-20(27)16-22(23)28/h3-4,6-9,16,19H,2,5,10-15,17H2,1H3. The molecule has 2 aliphatic rings. The summed E-state index contributed by atoms with van der Waals surface area (Å²) in [6.45, 7) is 1.95. The summed E-state index contributed by atoms with van der Waals surface area (Å²) < 4.78 is 32.6. The fourth-order valence-corrected chi connectivity index (χ4v) is 4.65. The number of carbonyl (C=O) groups is 3. The smallest absolute Gasteiger partial charge is 0.228 e. The van der Waals surface area contributed by atoms with Gasteiger partial charge in [-0.2, -0.15) is 0 Å². The molecule has 35 heavy (non-hydrogen) atoms. The molecule has 0 radical (unpaired) electrons. The number of halogens is 2. The Hall–Kier alpha value is -3.49. The van der Waals surface area contributed by atoms with Gasteiger partial charge in [0.15, 0.2) is 0 Å². The van der Waals surface area contributed by atoms with Crippen LogP contribution in [0.15, 0.2) is 42.5 Å². The summed E-state index contributed by atoms with van der Waals surface area (Å²) in [6.07, 6.45) is 1.64. The molecule has 2 heterocycles. The zero-order valence-electron chi connectivity index (χ0n) is 19.7. The quantitative estimate of drug-likeness (QED) is 0.631. The van der Waals surface area contributed by atoms with Gasteiger partial charge in [-0.3, -0.25) is 14.4 Å². The minimum Gasteiger partial charge on any atom is -0.497 e. The van der Waals surface area contributed by atoms with Crippen molar-refractivity contribution >= 4 is 23.4 Å². The number of methoxy groups -OCH3 is 1. The number of carbonyl (C=O) groups excluding carboxylic acids is 3. The highest BCUT2D eigenvalue weighted by atomic mass is 19.1. The molecule has 0 saturated carbocycles. The number of ether oxygens (including phenoxy) is 1. The second kappa shape index (κ2) is 10.8. The molecular weight excluding hydrogens is 456 g/mol. The van der Waals surface area contributed by atoms with Crippen molar-refractivity contribution in [2.45, 2.75) is 25.7 Å². The highest BCUT2D eigenvalue weighted by Crippen LogP contribution is 2.29. The van der Waals surface area contributed by atoms with E-state index in [-0.39, 0.29) is 36.4 Å². The van der Waals surface area contributed by atoms with Crippen molar-refractivity contribution in [1.29, 1.82) is 0 Å². The van der Waals surface area contributed by atoms with Gasteiger partial charge < -0.3 is 19.4 Å². The summed E-state index contributed by atoms with van der Waals surface area (Å²) in [7, 11) is 1.61. The van der Waals surface area contributed by atoms with Crippen LogP contribution in [0.5, 0.6) is 5.75 Å². The van der Waals surface area contributed by atoms with Crippen LogP contribution in [0, 0.1) is 17.6 Å². The molecule has 2 saturated heterocycles. The Morgan fingerprint density at radius 3 is 2.43 bits per heavy atom. The highest BCUT2D eigenvalue weighted by molar-refractivity contribution is 6.00. The van der Waals surface area contributed by atoms with Gasteiger partial charge in [-0.15, -0.1) is 0 Å². The van der Waals surface area contributed by atoms with Crippen LogP contribution in [0.4, 0.5) is 14.5 Å². The molecule has 1 unspecified atom stereocenters. The minimum atomic E-state index is -0.829. The van der Waals surface area contributed by atoms with Gasteiger partial charge >= 0.3 is 0 Å². The van der Waals surface area contributed by atoms with Gasteiger partial charge in [0, 0.05) is 51.6 Å². The van der Waals surface area contributed by atoms with Gasteiger partial charge in [0.05, 0.1) is 18.7 Å². The SMILES string of the molecule is COc1ccc(CCC(=O)N2CCCN(C(=O)C3CC(=O)N(c4ccc(F)cc4F)C3)CC2)cc1. The molecule has 3 amide bonds. The number of benzene rings is 2. The Bertz CT molecular complexity index is 1090. The van der Waals surface area contributed by atoms with E-state index in [1.165, 1.54) is 11.0 Å². The summed E-state index contributed by atoms with van der Waals surface area (Å²) in [5.74, 6) is -1.86. The number of nitrogens with zero attached hydrogens (tertiary/aromatic N) is 3. The Labute approximate surface area is 203 Å². The number of anilines is 1. The van der Waals surface area contributed by atoms with Gasteiger partial charge in [0.25, 0.3) is 0 Å². The molecule has 2 aliphatic heterocycles. The molecule has 0 N–H and O–H groups in total. The summed E-state index contributed by atoms with van der Waals surface area (Å²) in [5, 5.41) is 0. The van der Waals surface area contributed by atoms with Crippen LogP contribution in [-0.2, 0) is 20.8 Å². The lowest BCUT2D eigenvalue weighted by atomic mass is 10.1. The first-order valence-corrected chi connectivity index (χ1v) is 11.8. The van der Waals surface area contributed by atoms with E-state index < -0.39 is 17.6 Å². The molecule has 0 spiro atoms. The zero-order valence-corrected chi connectivity index (χ0v) is 19.7. The first-order valence-electron chi connectivity index (χ1n) is 11.8. The van der Waals surface area contributed by atoms with Crippen molar-refractivity contribution in [1.82, 2.24) is 9.80 Å². The fourth-order valence-electron chi connectivity index (χ4n) is 4.65. The second-order valence-electron chi connectivity index (χ2n) is 8.91. The van der Waals surface area contributed by atoms with Crippen LogP contribution < -0.4 is 9.64 Å². The Morgan fingerprint density at radius 1 is 1.00 bits per heavy atom. The maximum absolute atomic E-state index is 14.2. The molecule has 7 nitrogen and oxygen atoms in total. The third-order valence-electron chi connectivity index (χ3n) is 6.62. The molecule has 4 rings (SSSR count). The van der Waals surface area contributed by atoms with E-state index in [0.717, 1.165) is 23.4 Å². The Morgan fingerprint density at radius 2 is 1.71 bits per heavy atom. The Kier molecular flexibility index (Phi) is 7.63. The maximum Gasteiger partial charge on any atom is 0.228 e. The number of hydrogen-bond donors (Lipinski definition) is 0. The first-order chi connectivity index (χ1) is 16.9. The summed E-state index contributed by atoms with van der Waals surface area (Å²) >= 11 is 0. The van der Waals surface area contributed by atoms with Crippen molar-refractivity contribution < 1.29 is 27.9 Å². The van der Waals surface area contributed by atoms with Crippen LogP contribution in [0.1, 0.15) is 24.8 Å². The lowest BCUT2D eigenvalue weighted by Crippen LogP contribution is -2.40. The monoisotopic (exact) mass is 485 g/mol. The zero-order chi connectivity index (χ0) is 24.9. The molecular formula is C26H29F2N3O4. The number of hydrogen-bond acceptors (Lipinski definition) is 4. The molecule has 1 atom stereocenters. The summed E-state index contributed by atoms with van der Waals surface area (Å²) in [4.78, 5) is 43.1. The van der Waals surface area contributed by atoms with E-state index in [1.807, 2.05) is 24.3 Å². The number of aryl methyl sites for hydroxylation is 1. The van der Waals surface area contributed by atoms with E-state index in [1.54, 1.807) is 16.9 Å². The average Bonchev–Trinajstić information content (AvgIpc) is 3.07. The molecule has 0 aliphatic carbocycles. The van der Waals surface area contributed by atoms with Crippen LogP contribution in [-0.4, -0.2) is 67.4 Å². The van der Waals surface area contributed by atoms with Gasteiger partial charge in [0.1, 0.15) is 17.4 Å². The van der Waals surface area contributed by atoms with Crippen molar-refractivity contribution in [2.75, 3.05) is 44.7 Å². The molecule has 0 bridgehead atoms. The molecule has 2 aromatic carbocycles. The average molecular weight is 486 g/mol. The number of rotatable bonds is 6. The van der Waals surface area contributed by atoms with E-state index in [9.17, 15) is 23.2 Å². The normalized spacial score (nSPS) is 18.5. The van der Waals surface area contributed by atoms with Gasteiger partial charge in [0.2, 0.25) is 17.7 Å². The van der Waals surface area contributed by atoms with Gasteiger partial charge in [-0.05, 0) is 42.7 Å². The lowest BCUT2D eigenvalue weighted by molar-refractivity contribution is -0.136. The van der Waals surface area contributed by atoms with Crippen molar-refractivity contribution in [3.8, 4) is 5.75 Å². The van der Waals surface area contributed by atoms with E-state index in [0.29, 0.717) is 45.4 Å². The molecule has 186 valence electrons. The van der Waals surface area contributed by atoms with Gasteiger partial charge in [-0.1, -0.05) is 12.1 Å². The lowest BCUT2D eigenvalue weighted by Gasteiger charge is -2.25. The van der Waals surface area contributed by atoms with E-state index >= 15 is 0 Å². The van der Waals surface area contributed by atoms with Crippen molar-refractivity contribution in [2.24, 2.45) is 5.92 Å². The van der Waals surface area contributed by atoms with E-state index in [4.69, 9.17) is 4.74 Å². The van der Waals surface area contributed by atoms with Gasteiger partial charge in [-0.25, -0.2) is 8.78 Å². The second-order valence-corrected chi connectivity index (χ2v) is 8.91. The van der Waals surface area contributed by atoms with Crippen LogP contribution in [0.2, 0.25) is 0 Å². The predicted molar refractivity (Wildman–Crippen MR) is 126 cm³/mol. The summed E-state index contributed by atoms with van der Waals surface area (Å²) in [6, 6.07) is 10.7. The molecule has 9 heteroatoms. The largest absolute Gasteiger partial charge is 0.497 e. The topological polar surface area (TPSA) is 70.2 Å². The number of amides is 3. The maximum atomic E-state index is 14.2. The fraction of sp³-hybridized carbons (Fsp3) is 0.423. The van der Waals surface area contributed by atoms with Crippen LogP contribution in [0.25, 0.3) is 0 Å².